The van der Waals surface area contributed by atoms with Gasteiger partial charge in [0.1, 0.15) is 0 Å². The maximum Gasteiger partial charge on any atom is 2.00 e. The molecule has 0 aliphatic heterocycles. The summed E-state index contributed by atoms with van der Waals surface area (Å²) in [4.78, 5) is 0. The van der Waals surface area contributed by atoms with Crippen molar-refractivity contribution >= 4 is 49.3 Å². The fourth-order valence-corrected chi connectivity index (χ4v) is 0. The third-order valence-electron chi connectivity index (χ3n) is 0. The van der Waals surface area contributed by atoms with Crippen molar-refractivity contribution in [1.29, 1.82) is 0 Å². The van der Waals surface area contributed by atoms with E-state index in [1.54, 1.807) is 0 Å². The Morgan fingerprint density at radius 3 is 1.20 bits per heavy atom. The number of rotatable bonds is 0. The molecule has 0 aromatic rings. The van der Waals surface area contributed by atoms with Crippen LogP contribution in [0.5, 0.6) is 0 Å². The third-order valence-corrected chi connectivity index (χ3v) is 0. The Morgan fingerprint density at radius 2 is 1.20 bits per heavy atom. The van der Waals surface area contributed by atoms with Crippen LogP contribution >= 0.6 is 0 Å². The third kappa shape index (κ3) is 18.7. The van der Waals surface area contributed by atoms with Gasteiger partial charge in [0.15, 0.2) is 0 Å². The van der Waals surface area contributed by atoms with E-state index < -0.39 is 0 Å². The van der Waals surface area contributed by atoms with E-state index in [0.717, 1.165) is 0 Å². The molecule has 0 rings (SSSR count). The maximum absolute atomic E-state index is 0. The first-order valence-electron chi connectivity index (χ1n) is 0. The summed E-state index contributed by atoms with van der Waals surface area (Å²) in [6.07, 6.45) is 0. The van der Waals surface area contributed by atoms with Crippen molar-refractivity contribution in [2.45, 2.75) is 0 Å². The molecule has 5 heavy (non-hydrogen) atoms. The molecule has 36 valence electrons. The topological polar surface area (TPSA) is 0 Å². The molecule has 0 aromatic carbocycles. The Kier molecular flexibility index (Phi) is 212. The van der Waals surface area contributed by atoms with Crippen LogP contribution in [-0.2, 0) is 54.6 Å². The summed E-state index contributed by atoms with van der Waals surface area (Å²) in [5, 5.41) is 0. The summed E-state index contributed by atoms with van der Waals surface area (Å²) in [5.41, 5.74) is 0. The van der Waals surface area contributed by atoms with Crippen molar-refractivity contribution in [3.8, 4) is 0 Å². The van der Waals surface area contributed by atoms with E-state index in [0.29, 0.717) is 0 Å². The molecule has 0 bridgehead atoms. The minimum atomic E-state index is 0. The van der Waals surface area contributed by atoms with Crippen LogP contribution in [0.3, 0.4) is 0 Å². The molecule has 0 aliphatic rings. The first-order valence-corrected chi connectivity index (χ1v) is 0. The second kappa shape index (κ2) is 26.4. The average Bonchev–Trinajstić information content (AvgIpc) is 0. The van der Waals surface area contributed by atoms with Crippen molar-refractivity contribution in [2.75, 3.05) is 0 Å². The fourth-order valence-electron chi connectivity index (χ4n) is 0. The van der Waals surface area contributed by atoms with E-state index in [-0.39, 0.29) is 107 Å². The van der Waals surface area contributed by atoms with Gasteiger partial charge in [-0.3, -0.25) is 0 Å². The Bertz CT molecular complexity index is 17.7. The summed E-state index contributed by atoms with van der Waals surface area (Å²) in [6, 6.07) is 0. The second-order valence-electron chi connectivity index (χ2n) is 0. The molecular formula is H5BiFeMgMoNi. The smallest absolute Gasteiger partial charge is 1.00 e. The van der Waals surface area contributed by atoms with Gasteiger partial charge in [0.05, 0.1) is 0 Å². The average molecular weight is 449 g/mol. The van der Waals surface area contributed by atoms with Crippen LogP contribution in [0.1, 0.15) is 2.85 Å². The van der Waals surface area contributed by atoms with Gasteiger partial charge in [-0.25, -0.2) is 0 Å². The number of hydrogen-bond acceptors (Lipinski definition) is 0. The van der Waals surface area contributed by atoms with Gasteiger partial charge in [0.2, 0.25) is 0 Å². The molecule has 0 unspecified atom stereocenters. The van der Waals surface area contributed by atoms with Crippen LogP contribution in [0.15, 0.2) is 0 Å². The maximum atomic E-state index is 0. The molecule has 0 nitrogen and oxygen atoms in total. The van der Waals surface area contributed by atoms with Crippen molar-refractivity contribution < 1.29 is 57.5 Å². The zero-order chi connectivity index (χ0) is 0. The van der Waals surface area contributed by atoms with Crippen molar-refractivity contribution in [1.82, 2.24) is 0 Å². The molecule has 0 aromatic heterocycles. The molecule has 0 fully saturated rings. The normalized spacial score (nSPS) is 0. The standard InChI is InChI=1S/Bi.Fe.Mg.Mo.Ni.5H/q;;+2;;;;;;2*-1. The monoisotopic (exact) mass is 450 g/mol. The molecule has 0 saturated carbocycles. The minimum absolute atomic E-state index is 0. The zero-order valence-electron chi connectivity index (χ0n) is 4.49. The fraction of sp³-hybridized carbons (Fsp3) is 0. The van der Waals surface area contributed by atoms with Gasteiger partial charge in [0, 0.05) is 54.6 Å². The van der Waals surface area contributed by atoms with Crippen LogP contribution in [0.2, 0.25) is 0 Å². The Balaban J connectivity index is 0. The summed E-state index contributed by atoms with van der Waals surface area (Å²) in [6.45, 7) is 0. The van der Waals surface area contributed by atoms with E-state index in [1.807, 2.05) is 0 Å². The van der Waals surface area contributed by atoms with E-state index in [1.165, 1.54) is 0 Å². The predicted molar refractivity (Wildman–Crippen MR) is 17.9 cm³/mol. The Labute approximate surface area is 105 Å². The quantitative estimate of drug-likeness (QED) is 0.402. The van der Waals surface area contributed by atoms with Gasteiger partial charge in [-0.2, -0.15) is 0 Å². The molecule has 0 spiro atoms. The van der Waals surface area contributed by atoms with Crippen LogP contribution in [-0.4, -0.2) is 49.3 Å². The second-order valence-corrected chi connectivity index (χ2v) is 0. The molecule has 0 N–H and O–H groups in total. The van der Waals surface area contributed by atoms with Crippen molar-refractivity contribution in [3.05, 3.63) is 0 Å². The van der Waals surface area contributed by atoms with Crippen molar-refractivity contribution in [2.24, 2.45) is 0 Å². The number of hydrogen-bond donors (Lipinski definition) is 0. The van der Waals surface area contributed by atoms with E-state index in [9.17, 15) is 0 Å². The summed E-state index contributed by atoms with van der Waals surface area (Å²) < 4.78 is 0. The molecular weight excluding hydrogens is 444 g/mol. The van der Waals surface area contributed by atoms with Gasteiger partial charge in [-0.15, -0.1) is 0 Å². The zero-order valence-corrected chi connectivity index (χ0v) is 13.5. The van der Waals surface area contributed by atoms with Crippen LogP contribution < -0.4 is 0 Å². The van der Waals surface area contributed by atoms with Gasteiger partial charge in [0.25, 0.3) is 0 Å². The predicted octanol–water partition coefficient (Wildman–Crippen LogP) is -1.35. The van der Waals surface area contributed by atoms with E-state index in [4.69, 9.17) is 0 Å². The van der Waals surface area contributed by atoms with Crippen molar-refractivity contribution in [3.63, 3.8) is 0 Å². The molecule has 5 heteroatoms. The SMILES string of the molecule is [BiH3].[Fe].[H-].[H-].[Mg+2].[Mo].[Ni]. The van der Waals surface area contributed by atoms with Gasteiger partial charge in [-0.1, -0.05) is 0 Å². The summed E-state index contributed by atoms with van der Waals surface area (Å²) in [7, 11) is 0. The van der Waals surface area contributed by atoms with Crippen LogP contribution in [0, 0.1) is 0 Å². The molecule has 0 atom stereocenters. The molecule has 0 amide bonds. The summed E-state index contributed by atoms with van der Waals surface area (Å²) >= 11 is 0. The van der Waals surface area contributed by atoms with Gasteiger partial charge in [-0.05, 0) is 0 Å². The molecule has 0 heterocycles. The Morgan fingerprint density at radius 1 is 1.20 bits per heavy atom. The first kappa shape index (κ1) is 40.2. The van der Waals surface area contributed by atoms with Crippen LogP contribution in [0.25, 0.3) is 0 Å². The largest absolute Gasteiger partial charge is 2.00 e. The summed E-state index contributed by atoms with van der Waals surface area (Å²) in [5.74, 6) is 0. The van der Waals surface area contributed by atoms with Gasteiger partial charge >= 0.3 is 49.3 Å². The molecule has 0 radical (unpaired) electrons. The van der Waals surface area contributed by atoms with E-state index in [2.05, 4.69) is 0 Å². The first-order chi connectivity index (χ1) is 0. The van der Waals surface area contributed by atoms with Crippen LogP contribution in [0.4, 0.5) is 0 Å². The molecule has 0 aliphatic carbocycles. The van der Waals surface area contributed by atoms with E-state index >= 15 is 0 Å². The molecule has 0 saturated heterocycles. The Hall–Kier alpha value is 3.35. The van der Waals surface area contributed by atoms with Gasteiger partial charge < -0.3 is 2.85 Å². The minimum Gasteiger partial charge on any atom is -1.00 e.